The predicted octanol–water partition coefficient (Wildman–Crippen LogP) is -0.735. The zero-order chi connectivity index (χ0) is 9.40. The van der Waals surface area contributed by atoms with E-state index in [-0.39, 0.29) is 0 Å². The molecule has 12 heavy (non-hydrogen) atoms. The minimum Gasteiger partial charge on any atom is -0.437 e. The van der Waals surface area contributed by atoms with Crippen molar-refractivity contribution in [2.45, 2.75) is 6.82 Å². The first-order valence-corrected chi connectivity index (χ1v) is 4.29. The molecule has 72 valence electrons. The fraction of sp³-hybridized carbons (Fsp3) is 1.00. The molecular weight excluding hydrogens is 155 g/mol. The molecule has 0 fully saturated rings. The van der Waals surface area contributed by atoms with Crippen LogP contribution in [0.3, 0.4) is 0 Å². The van der Waals surface area contributed by atoms with E-state index >= 15 is 0 Å². The van der Waals surface area contributed by atoms with E-state index < -0.39 is 7.05 Å². The molecule has 0 aliphatic carbocycles. The summed E-state index contributed by atoms with van der Waals surface area (Å²) >= 11 is 0. The molecule has 0 aliphatic rings. The Morgan fingerprint density at radius 2 is 2.17 bits per heavy atom. The number of likely N-dealkylation sites (N-methyl/N-ethyl adjacent to an activating group) is 2. The third-order valence-corrected chi connectivity index (χ3v) is 1.72. The van der Waals surface area contributed by atoms with Gasteiger partial charge < -0.3 is 19.9 Å². The van der Waals surface area contributed by atoms with Crippen molar-refractivity contribution in [3.8, 4) is 0 Å². The molecule has 0 bridgehead atoms. The molecule has 0 rings (SSSR count). The van der Waals surface area contributed by atoms with Crippen LogP contribution in [0.4, 0.5) is 0 Å². The normalized spacial score (nSPS) is 10.8. The largest absolute Gasteiger partial charge is 0.437 e. The SMILES string of the molecule is CNCCOCCN(C)B(C)O. The van der Waals surface area contributed by atoms with Crippen molar-refractivity contribution in [1.29, 1.82) is 0 Å². The van der Waals surface area contributed by atoms with Gasteiger partial charge in [0.15, 0.2) is 0 Å². The molecule has 0 aromatic rings. The number of nitrogens with one attached hydrogen (secondary N) is 1. The molecule has 0 radical (unpaired) electrons. The Morgan fingerprint density at radius 1 is 1.50 bits per heavy atom. The zero-order valence-electron chi connectivity index (χ0n) is 8.21. The second-order valence-corrected chi connectivity index (χ2v) is 2.83. The zero-order valence-corrected chi connectivity index (χ0v) is 8.21. The Bertz CT molecular complexity index is 103. The van der Waals surface area contributed by atoms with Gasteiger partial charge in [-0.2, -0.15) is 0 Å². The van der Waals surface area contributed by atoms with Crippen LogP contribution in [0.15, 0.2) is 0 Å². The van der Waals surface area contributed by atoms with Gasteiger partial charge in [-0.05, 0) is 20.9 Å². The van der Waals surface area contributed by atoms with Gasteiger partial charge in [0.05, 0.1) is 13.2 Å². The molecule has 0 unspecified atom stereocenters. The lowest BCUT2D eigenvalue weighted by atomic mass is 9.86. The van der Waals surface area contributed by atoms with Crippen molar-refractivity contribution in [3.63, 3.8) is 0 Å². The Hall–Kier alpha value is -0.0951. The number of hydrogen-bond donors (Lipinski definition) is 2. The molecule has 2 N–H and O–H groups in total. The lowest BCUT2D eigenvalue weighted by Gasteiger charge is -2.16. The lowest BCUT2D eigenvalue weighted by Crippen LogP contribution is -2.36. The number of rotatable bonds is 7. The minimum absolute atomic E-state index is 0.391. The van der Waals surface area contributed by atoms with Crippen LogP contribution in [-0.4, -0.2) is 57.3 Å². The highest BCUT2D eigenvalue weighted by molar-refractivity contribution is 6.45. The van der Waals surface area contributed by atoms with Crippen molar-refractivity contribution < 1.29 is 9.76 Å². The summed E-state index contributed by atoms with van der Waals surface area (Å²) in [6.07, 6.45) is 0. The fourth-order valence-electron chi connectivity index (χ4n) is 0.672. The standard InChI is InChI=1S/C7H19BN2O2/c1-8(11)10(3)5-7-12-6-4-9-2/h9,11H,4-7H2,1-3H3. The van der Waals surface area contributed by atoms with Gasteiger partial charge in [0.1, 0.15) is 0 Å². The summed E-state index contributed by atoms with van der Waals surface area (Å²) in [6.45, 7) is 4.78. The maximum atomic E-state index is 9.08. The van der Waals surface area contributed by atoms with E-state index in [9.17, 15) is 0 Å². The molecule has 0 aliphatic heterocycles. The number of hydrogen-bond acceptors (Lipinski definition) is 4. The van der Waals surface area contributed by atoms with Gasteiger partial charge in [0, 0.05) is 13.1 Å². The van der Waals surface area contributed by atoms with Crippen LogP contribution in [-0.2, 0) is 4.74 Å². The molecule has 0 heterocycles. The van der Waals surface area contributed by atoms with Gasteiger partial charge in [0.25, 0.3) is 0 Å². The molecule has 0 aromatic carbocycles. The molecule has 0 spiro atoms. The van der Waals surface area contributed by atoms with Gasteiger partial charge in [-0.3, -0.25) is 0 Å². The van der Waals surface area contributed by atoms with Crippen molar-refractivity contribution in [3.05, 3.63) is 0 Å². The monoisotopic (exact) mass is 174 g/mol. The van der Waals surface area contributed by atoms with Crippen molar-refractivity contribution in [2.24, 2.45) is 0 Å². The average molecular weight is 174 g/mol. The number of ether oxygens (including phenoxy) is 1. The van der Waals surface area contributed by atoms with Gasteiger partial charge in [-0.1, -0.05) is 0 Å². The first-order chi connectivity index (χ1) is 5.68. The van der Waals surface area contributed by atoms with Crippen LogP contribution in [0.2, 0.25) is 6.82 Å². The summed E-state index contributed by atoms with van der Waals surface area (Å²) in [4.78, 5) is 1.83. The average Bonchev–Trinajstić information content (AvgIpc) is 2.03. The van der Waals surface area contributed by atoms with E-state index in [4.69, 9.17) is 9.76 Å². The summed E-state index contributed by atoms with van der Waals surface area (Å²) in [5.74, 6) is 0. The molecule has 0 saturated carbocycles. The van der Waals surface area contributed by atoms with E-state index in [1.54, 1.807) is 6.82 Å². The van der Waals surface area contributed by atoms with E-state index in [1.165, 1.54) is 0 Å². The van der Waals surface area contributed by atoms with Gasteiger partial charge in [-0.15, -0.1) is 0 Å². The summed E-state index contributed by atoms with van der Waals surface area (Å²) < 4.78 is 5.28. The van der Waals surface area contributed by atoms with E-state index in [0.29, 0.717) is 6.61 Å². The van der Waals surface area contributed by atoms with Crippen LogP contribution in [0, 0.1) is 0 Å². The topological polar surface area (TPSA) is 44.7 Å². The van der Waals surface area contributed by atoms with E-state index in [2.05, 4.69) is 5.32 Å². The third-order valence-electron chi connectivity index (χ3n) is 1.72. The van der Waals surface area contributed by atoms with Gasteiger partial charge in [-0.25, -0.2) is 0 Å². The molecule has 0 atom stereocenters. The maximum absolute atomic E-state index is 9.08. The smallest absolute Gasteiger partial charge is 0.376 e. The van der Waals surface area contributed by atoms with Crippen LogP contribution in [0.25, 0.3) is 0 Å². The Balaban J connectivity index is 3.08. The van der Waals surface area contributed by atoms with Gasteiger partial charge in [0.2, 0.25) is 0 Å². The van der Waals surface area contributed by atoms with Gasteiger partial charge >= 0.3 is 7.05 Å². The molecular formula is C7H19BN2O2. The van der Waals surface area contributed by atoms with Crippen LogP contribution in [0.5, 0.6) is 0 Å². The maximum Gasteiger partial charge on any atom is 0.376 e. The van der Waals surface area contributed by atoms with E-state index in [0.717, 1.165) is 19.7 Å². The highest BCUT2D eigenvalue weighted by Crippen LogP contribution is 1.85. The second kappa shape index (κ2) is 7.55. The number of nitrogens with zero attached hydrogens (tertiary/aromatic N) is 1. The summed E-state index contributed by atoms with van der Waals surface area (Å²) in [5.41, 5.74) is 0. The highest BCUT2D eigenvalue weighted by atomic mass is 16.5. The van der Waals surface area contributed by atoms with E-state index in [1.807, 2.05) is 18.9 Å². The summed E-state index contributed by atoms with van der Waals surface area (Å²) in [5, 5.41) is 12.1. The van der Waals surface area contributed by atoms with Crippen LogP contribution in [0.1, 0.15) is 0 Å². The highest BCUT2D eigenvalue weighted by Gasteiger charge is 2.09. The van der Waals surface area contributed by atoms with Crippen molar-refractivity contribution in [2.75, 3.05) is 40.4 Å². The quantitative estimate of drug-likeness (QED) is 0.394. The fourth-order valence-corrected chi connectivity index (χ4v) is 0.672. The molecule has 0 amide bonds. The molecule has 4 nitrogen and oxygen atoms in total. The molecule has 0 saturated heterocycles. The van der Waals surface area contributed by atoms with Crippen molar-refractivity contribution in [1.82, 2.24) is 10.1 Å². The summed E-state index contributed by atoms with van der Waals surface area (Å²) in [7, 11) is 3.37. The first-order valence-electron chi connectivity index (χ1n) is 4.29. The van der Waals surface area contributed by atoms with Crippen LogP contribution < -0.4 is 5.32 Å². The minimum atomic E-state index is -0.391. The Morgan fingerprint density at radius 3 is 2.67 bits per heavy atom. The molecule has 0 aromatic heterocycles. The Labute approximate surface area is 75.0 Å². The lowest BCUT2D eigenvalue weighted by molar-refractivity contribution is 0.126. The second-order valence-electron chi connectivity index (χ2n) is 2.83. The predicted molar refractivity (Wildman–Crippen MR) is 51.2 cm³/mol. The third kappa shape index (κ3) is 6.60. The Kier molecular flexibility index (Phi) is 7.49. The summed E-state index contributed by atoms with van der Waals surface area (Å²) in [6, 6.07) is 0. The van der Waals surface area contributed by atoms with Crippen molar-refractivity contribution >= 4 is 7.05 Å². The molecule has 5 heteroatoms. The first kappa shape index (κ1) is 11.9. The van der Waals surface area contributed by atoms with Crippen LogP contribution >= 0.6 is 0 Å².